The molecule has 0 aliphatic carbocycles. The summed E-state index contributed by atoms with van der Waals surface area (Å²) in [6, 6.07) is 19.0. The number of benzene rings is 3. The minimum Gasteiger partial charge on any atom is -0.493 e. The number of carbonyl (C=O) groups excluding carboxylic acids is 1. The number of unbranched alkanes of at least 4 members (excludes halogenated alkanes) is 2. The summed E-state index contributed by atoms with van der Waals surface area (Å²) in [5.41, 5.74) is 0. The van der Waals surface area contributed by atoms with Crippen LogP contribution in [0.15, 0.2) is 54.6 Å². The van der Waals surface area contributed by atoms with Gasteiger partial charge < -0.3 is 9.47 Å². The lowest BCUT2D eigenvalue weighted by molar-refractivity contribution is -0.147. The van der Waals surface area contributed by atoms with Gasteiger partial charge in [-0.25, -0.2) is 0 Å². The molecule has 3 rings (SSSR count). The van der Waals surface area contributed by atoms with Crippen molar-refractivity contribution in [1.29, 1.82) is 0 Å². The van der Waals surface area contributed by atoms with Crippen LogP contribution in [0.4, 0.5) is 0 Å². The molecule has 0 aliphatic rings. The average Bonchev–Trinajstić information content (AvgIpc) is 2.62. The summed E-state index contributed by atoms with van der Waals surface area (Å²) in [6.07, 6.45) is 3.18. The molecule has 0 spiro atoms. The molecule has 0 aliphatic heterocycles. The quantitative estimate of drug-likeness (QED) is 0.289. The summed E-state index contributed by atoms with van der Waals surface area (Å²) in [6.45, 7) is 4.41. The van der Waals surface area contributed by atoms with Gasteiger partial charge in [0.2, 0.25) is 0 Å². The third-order valence-corrected chi connectivity index (χ3v) is 4.36. The summed E-state index contributed by atoms with van der Waals surface area (Å²) >= 11 is 0. The van der Waals surface area contributed by atoms with Crippen LogP contribution in [0.25, 0.3) is 21.5 Å². The molecule has 3 nitrogen and oxygen atoms in total. The Bertz CT molecular complexity index is 883. The van der Waals surface area contributed by atoms with Crippen LogP contribution in [0.2, 0.25) is 0 Å². The van der Waals surface area contributed by atoms with Crippen LogP contribution < -0.4 is 4.74 Å². The third kappa shape index (κ3) is 4.75. The molecular weight excluding hydrogens is 324 g/mol. The largest absolute Gasteiger partial charge is 0.493 e. The Kier molecular flexibility index (Phi) is 6.11. The molecule has 26 heavy (non-hydrogen) atoms. The van der Waals surface area contributed by atoms with E-state index < -0.39 is 0 Å². The Morgan fingerprint density at radius 3 is 2.38 bits per heavy atom. The van der Waals surface area contributed by atoms with E-state index in [0.717, 1.165) is 30.4 Å². The number of hydrogen-bond acceptors (Lipinski definition) is 3. The smallest absolute Gasteiger partial charge is 0.306 e. The van der Waals surface area contributed by atoms with Crippen molar-refractivity contribution in [2.75, 3.05) is 6.61 Å². The average molecular weight is 350 g/mol. The maximum atomic E-state index is 11.5. The molecule has 0 unspecified atom stereocenters. The van der Waals surface area contributed by atoms with Crippen LogP contribution in [-0.2, 0) is 9.53 Å². The van der Waals surface area contributed by atoms with Gasteiger partial charge in [0.25, 0.3) is 0 Å². The number of esters is 1. The molecule has 136 valence electrons. The first-order chi connectivity index (χ1) is 12.6. The number of fused-ring (bicyclic) bond motifs is 2. The molecule has 0 fully saturated rings. The standard InChI is InChI=1S/C23H26O3/c1-17(2)26-23(24)13-4-3-7-14-25-22-12-8-11-20-15-18-9-5-6-10-19(18)16-21(20)22/h5-6,8-12,15-17H,3-4,7,13-14H2,1-2H3. The van der Waals surface area contributed by atoms with Crippen molar-refractivity contribution in [3.8, 4) is 5.75 Å². The van der Waals surface area contributed by atoms with E-state index in [4.69, 9.17) is 9.47 Å². The Labute approximate surface area is 154 Å². The topological polar surface area (TPSA) is 35.5 Å². The van der Waals surface area contributed by atoms with Crippen molar-refractivity contribution in [3.05, 3.63) is 54.6 Å². The molecule has 0 amide bonds. The molecule has 0 atom stereocenters. The molecule has 0 saturated carbocycles. The summed E-state index contributed by atoms with van der Waals surface area (Å²) in [4.78, 5) is 11.5. The Balaban J connectivity index is 1.54. The zero-order chi connectivity index (χ0) is 18.4. The Hall–Kier alpha value is -2.55. The fraction of sp³-hybridized carbons (Fsp3) is 0.348. The monoisotopic (exact) mass is 350 g/mol. The van der Waals surface area contributed by atoms with Crippen LogP contribution >= 0.6 is 0 Å². The first-order valence-corrected chi connectivity index (χ1v) is 9.37. The zero-order valence-electron chi connectivity index (χ0n) is 15.5. The van der Waals surface area contributed by atoms with Crippen LogP contribution in [0.5, 0.6) is 5.75 Å². The van der Waals surface area contributed by atoms with Crippen molar-refractivity contribution in [2.45, 2.75) is 45.6 Å². The van der Waals surface area contributed by atoms with E-state index in [1.807, 2.05) is 26.0 Å². The number of rotatable bonds is 8. The fourth-order valence-electron chi connectivity index (χ4n) is 3.12. The van der Waals surface area contributed by atoms with Crippen LogP contribution in [0, 0.1) is 0 Å². The summed E-state index contributed by atoms with van der Waals surface area (Å²) in [5, 5.41) is 4.80. The zero-order valence-corrected chi connectivity index (χ0v) is 15.5. The van der Waals surface area contributed by atoms with Gasteiger partial charge in [0.15, 0.2) is 0 Å². The molecular formula is C23H26O3. The molecule has 3 heteroatoms. The van der Waals surface area contributed by atoms with Crippen LogP contribution in [0.1, 0.15) is 39.5 Å². The molecule has 3 aromatic carbocycles. The van der Waals surface area contributed by atoms with Gasteiger partial charge >= 0.3 is 5.97 Å². The number of hydrogen-bond donors (Lipinski definition) is 0. The van der Waals surface area contributed by atoms with Crippen molar-refractivity contribution < 1.29 is 14.3 Å². The SMILES string of the molecule is CC(C)OC(=O)CCCCCOc1cccc2cc3ccccc3cc12. The van der Waals surface area contributed by atoms with Gasteiger partial charge in [-0.3, -0.25) is 4.79 Å². The van der Waals surface area contributed by atoms with Crippen molar-refractivity contribution in [2.24, 2.45) is 0 Å². The third-order valence-electron chi connectivity index (χ3n) is 4.36. The van der Waals surface area contributed by atoms with E-state index in [2.05, 4.69) is 42.5 Å². The number of carbonyl (C=O) groups is 1. The van der Waals surface area contributed by atoms with Gasteiger partial charge in [-0.05, 0) is 67.5 Å². The van der Waals surface area contributed by atoms with Gasteiger partial charge in [-0.2, -0.15) is 0 Å². The van der Waals surface area contributed by atoms with Crippen molar-refractivity contribution in [1.82, 2.24) is 0 Å². The van der Waals surface area contributed by atoms with Gasteiger partial charge in [0.1, 0.15) is 5.75 Å². The highest BCUT2D eigenvalue weighted by Gasteiger charge is 2.06. The summed E-state index contributed by atoms with van der Waals surface area (Å²) in [5.74, 6) is 0.814. The highest BCUT2D eigenvalue weighted by atomic mass is 16.5. The molecule has 0 heterocycles. The lowest BCUT2D eigenvalue weighted by Gasteiger charge is -2.11. The predicted molar refractivity (Wildman–Crippen MR) is 107 cm³/mol. The first-order valence-electron chi connectivity index (χ1n) is 9.37. The lowest BCUT2D eigenvalue weighted by atomic mass is 10.0. The maximum Gasteiger partial charge on any atom is 0.306 e. The lowest BCUT2D eigenvalue weighted by Crippen LogP contribution is -2.11. The van der Waals surface area contributed by atoms with Gasteiger partial charge in [-0.15, -0.1) is 0 Å². The second kappa shape index (κ2) is 8.70. The fourth-order valence-corrected chi connectivity index (χ4v) is 3.12. The van der Waals surface area contributed by atoms with E-state index in [9.17, 15) is 4.79 Å². The van der Waals surface area contributed by atoms with Gasteiger partial charge in [-0.1, -0.05) is 36.4 Å². The van der Waals surface area contributed by atoms with E-state index in [-0.39, 0.29) is 12.1 Å². The minimum absolute atomic E-state index is 0.0340. The maximum absolute atomic E-state index is 11.5. The molecule has 0 aromatic heterocycles. The summed E-state index contributed by atoms with van der Waals surface area (Å²) in [7, 11) is 0. The highest BCUT2D eigenvalue weighted by Crippen LogP contribution is 2.30. The predicted octanol–water partition coefficient (Wildman–Crippen LogP) is 5.88. The van der Waals surface area contributed by atoms with Crippen LogP contribution in [-0.4, -0.2) is 18.7 Å². The van der Waals surface area contributed by atoms with E-state index in [1.54, 1.807) is 0 Å². The molecule has 0 bridgehead atoms. The Morgan fingerprint density at radius 2 is 1.62 bits per heavy atom. The highest BCUT2D eigenvalue weighted by molar-refractivity contribution is 6.00. The van der Waals surface area contributed by atoms with Gasteiger partial charge in [0.05, 0.1) is 12.7 Å². The van der Waals surface area contributed by atoms with E-state index in [0.29, 0.717) is 13.0 Å². The van der Waals surface area contributed by atoms with E-state index >= 15 is 0 Å². The first kappa shape index (κ1) is 18.2. The second-order valence-corrected chi connectivity index (χ2v) is 6.87. The Morgan fingerprint density at radius 1 is 0.885 bits per heavy atom. The second-order valence-electron chi connectivity index (χ2n) is 6.87. The molecule has 0 saturated heterocycles. The minimum atomic E-state index is -0.109. The van der Waals surface area contributed by atoms with Crippen molar-refractivity contribution in [3.63, 3.8) is 0 Å². The molecule has 0 radical (unpaired) electrons. The normalized spacial score (nSPS) is 11.2. The van der Waals surface area contributed by atoms with Crippen LogP contribution in [0.3, 0.4) is 0 Å². The number of ether oxygens (including phenoxy) is 2. The van der Waals surface area contributed by atoms with Gasteiger partial charge in [0, 0.05) is 11.8 Å². The molecule has 0 N–H and O–H groups in total. The molecule has 3 aromatic rings. The van der Waals surface area contributed by atoms with E-state index in [1.165, 1.54) is 16.2 Å². The van der Waals surface area contributed by atoms with Crippen molar-refractivity contribution >= 4 is 27.5 Å². The summed E-state index contributed by atoms with van der Waals surface area (Å²) < 4.78 is 11.2.